The molecule has 0 saturated heterocycles. The van der Waals surface area contributed by atoms with Crippen LogP contribution in [0.15, 0.2) is 48.5 Å². The number of anilines is 2. The third-order valence-corrected chi connectivity index (χ3v) is 4.11. The Hall–Kier alpha value is -3.07. The SMILES string of the molecule is COc1ccc(NC(=O)CSCC(=O)Nc2cccc([N+](=O)[O-])c2)cc1. The van der Waals surface area contributed by atoms with Crippen LogP contribution in [0.4, 0.5) is 17.1 Å². The number of carbonyl (C=O) groups excluding carboxylic acids is 2. The van der Waals surface area contributed by atoms with Gasteiger partial charge in [-0.1, -0.05) is 6.07 Å². The summed E-state index contributed by atoms with van der Waals surface area (Å²) in [6, 6.07) is 12.6. The molecular weight excluding hydrogens is 358 g/mol. The second-order valence-corrected chi connectivity index (χ2v) is 6.11. The van der Waals surface area contributed by atoms with Crippen molar-refractivity contribution in [2.24, 2.45) is 0 Å². The van der Waals surface area contributed by atoms with Crippen molar-refractivity contribution < 1.29 is 19.2 Å². The van der Waals surface area contributed by atoms with E-state index in [4.69, 9.17) is 4.74 Å². The molecule has 0 heterocycles. The summed E-state index contributed by atoms with van der Waals surface area (Å²) >= 11 is 1.14. The highest BCUT2D eigenvalue weighted by Gasteiger charge is 2.09. The third kappa shape index (κ3) is 6.10. The fourth-order valence-electron chi connectivity index (χ4n) is 2.00. The number of hydrogen-bond acceptors (Lipinski definition) is 6. The molecule has 0 bridgehead atoms. The Bertz CT molecular complexity index is 795. The molecule has 2 amide bonds. The van der Waals surface area contributed by atoms with Gasteiger partial charge in [0.15, 0.2) is 0 Å². The van der Waals surface area contributed by atoms with Crippen molar-refractivity contribution >= 4 is 40.6 Å². The predicted octanol–water partition coefficient (Wildman–Crippen LogP) is 2.91. The van der Waals surface area contributed by atoms with Crippen LogP contribution < -0.4 is 15.4 Å². The van der Waals surface area contributed by atoms with Gasteiger partial charge >= 0.3 is 0 Å². The third-order valence-electron chi connectivity index (χ3n) is 3.18. The second kappa shape index (κ2) is 9.42. The van der Waals surface area contributed by atoms with Gasteiger partial charge in [-0.25, -0.2) is 0 Å². The number of hydrogen-bond donors (Lipinski definition) is 2. The summed E-state index contributed by atoms with van der Waals surface area (Å²) < 4.78 is 5.04. The average molecular weight is 375 g/mol. The summed E-state index contributed by atoms with van der Waals surface area (Å²) in [6.07, 6.45) is 0. The predicted molar refractivity (Wildman–Crippen MR) is 101 cm³/mol. The van der Waals surface area contributed by atoms with Gasteiger partial charge in [0.1, 0.15) is 5.75 Å². The maximum Gasteiger partial charge on any atom is 0.271 e. The van der Waals surface area contributed by atoms with Crippen LogP contribution in [0.3, 0.4) is 0 Å². The first-order valence-corrected chi connectivity index (χ1v) is 8.69. The minimum Gasteiger partial charge on any atom is -0.497 e. The number of methoxy groups -OCH3 is 1. The molecule has 0 atom stereocenters. The first-order chi connectivity index (χ1) is 12.5. The van der Waals surface area contributed by atoms with Gasteiger partial charge in [-0.05, 0) is 30.3 Å². The number of rotatable bonds is 8. The number of nitrogens with one attached hydrogen (secondary N) is 2. The van der Waals surface area contributed by atoms with E-state index in [-0.39, 0.29) is 29.0 Å². The van der Waals surface area contributed by atoms with Gasteiger partial charge in [-0.15, -0.1) is 11.8 Å². The van der Waals surface area contributed by atoms with Gasteiger partial charge < -0.3 is 15.4 Å². The summed E-state index contributed by atoms with van der Waals surface area (Å²) in [5.74, 6) is 0.277. The number of benzene rings is 2. The zero-order valence-corrected chi connectivity index (χ0v) is 14.7. The summed E-state index contributed by atoms with van der Waals surface area (Å²) in [6.45, 7) is 0. The first kappa shape index (κ1) is 19.3. The maximum absolute atomic E-state index is 11.9. The van der Waals surface area contributed by atoms with Crippen LogP contribution in [0, 0.1) is 10.1 Å². The minimum atomic E-state index is -0.534. The number of non-ortho nitro benzene ring substituents is 1. The van der Waals surface area contributed by atoms with Crippen LogP contribution in [0.5, 0.6) is 5.75 Å². The van der Waals surface area contributed by atoms with Crippen LogP contribution in [0.2, 0.25) is 0 Å². The van der Waals surface area contributed by atoms with Crippen LogP contribution in [-0.4, -0.2) is 35.4 Å². The van der Waals surface area contributed by atoms with E-state index in [2.05, 4.69) is 10.6 Å². The number of nitro groups is 1. The molecule has 0 unspecified atom stereocenters. The van der Waals surface area contributed by atoms with Crippen LogP contribution in [-0.2, 0) is 9.59 Å². The van der Waals surface area contributed by atoms with E-state index in [0.29, 0.717) is 17.1 Å². The van der Waals surface area contributed by atoms with Crippen molar-refractivity contribution in [3.8, 4) is 5.75 Å². The van der Waals surface area contributed by atoms with Gasteiger partial charge in [-0.3, -0.25) is 19.7 Å². The van der Waals surface area contributed by atoms with E-state index in [0.717, 1.165) is 11.8 Å². The number of carbonyl (C=O) groups is 2. The Morgan fingerprint density at radius 3 is 2.23 bits per heavy atom. The lowest BCUT2D eigenvalue weighted by molar-refractivity contribution is -0.384. The lowest BCUT2D eigenvalue weighted by Crippen LogP contribution is -2.18. The van der Waals surface area contributed by atoms with E-state index in [1.807, 2.05) is 0 Å². The normalized spacial score (nSPS) is 10.0. The Balaban J connectivity index is 1.74. The summed E-state index contributed by atoms with van der Waals surface area (Å²) in [4.78, 5) is 33.9. The van der Waals surface area contributed by atoms with Crippen molar-refractivity contribution in [1.82, 2.24) is 0 Å². The van der Waals surface area contributed by atoms with Gasteiger partial charge in [0.2, 0.25) is 11.8 Å². The molecule has 2 aromatic carbocycles. The molecule has 0 aliphatic rings. The Morgan fingerprint density at radius 1 is 1.04 bits per heavy atom. The molecular formula is C17H17N3O5S. The van der Waals surface area contributed by atoms with Gasteiger partial charge in [-0.2, -0.15) is 0 Å². The van der Waals surface area contributed by atoms with E-state index < -0.39 is 4.92 Å². The molecule has 9 heteroatoms. The highest BCUT2D eigenvalue weighted by Crippen LogP contribution is 2.18. The van der Waals surface area contributed by atoms with Crippen molar-refractivity contribution in [2.75, 3.05) is 29.2 Å². The van der Waals surface area contributed by atoms with Crippen molar-refractivity contribution in [2.45, 2.75) is 0 Å². The molecule has 136 valence electrons. The van der Waals surface area contributed by atoms with E-state index in [9.17, 15) is 19.7 Å². The van der Waals surface area contributed by atoms with Crippen molar-refractivity contribution in [1.29, 1.82) is 0 Å². The topological polar surface area (TPSA) is 111 Å². The van der Waals surface area contributed by atoms with E-state index in [1.165, 1.54) is 18.2 Å². The molecule has 8 nitrogen and oxygen atoms in total. The maximum atomic E-state index is 11.9. The highest BCUT2D eigenvalue weighted by molar-refractivity contribution is 8.00. The Morgan fingerprint density at radius 2 is 1.65 bits per heavy atom. The highest BCUT2D eigenvalue weighted by atomic mass is 32.2. The van der Waals surface area contributed by atoms with E-state index in [1.54, 1.807) is 37.4 Å². The molecule has 0 fully saturated rings. The Labute approximate surface area is 154 Å². The molecule has 2 rings (SSSR count). The number of ether oxygens (including phenoxy) is 1. The largest absolute Gasteiger partial charge is 0.497 e. The van der Waals surface area contributed by atoms with Gasteiger partial charge in [0.05, 0.1) is 23.5 Å². The fraction of sp³-hybridized carbons (Fsp3) is 0.176. The van der Waals surface area contributed by atoms with Gasteiger partial charge in [0.25, 0.3) is 5.69 Å². The standard InChI is InChI=1S/C17H17N3O5S/c1-25-15-7-5-12(6-8-15)18-16(21)10-26-11-17(22)19-13-3-2-4-14(9-13)20(23)24/h2-9H,10-11H2,1H3,(H,18,21)(H,19,22). The van der Waals surface area contributed by atoms with Crippen LogP contribution in [0.25, 0.3) is 0 Å². The quantitative estimate of drug-likeness (QED) is 0.542. The zero-order valence-electron chi connectivity index (χ0n) is 13.9. The molecule has 0 spiro atoms. The van der Waals surface area contributed by atoms with E-state index >= 15 is 0 Å². The number of thioether (sulfide) groups is 1. The van der Waals surface area contributed by atoms with Gasteiger partial charge in [0, 0.05) is 23.5 Å². The smallest absolute Gasteiger partial charge is 0.271 e. The zero-order chi connectivity index (χ0) is 18.9. The summed E-state index contributed by atoms with van der Waals surface area (Å²) in [5.41, 5.74) is 0.874. The molecule has 2 aromatic rings. The number of nitrogens with zero attached hydrogens (tertiary/aromatic N) is 1. The molecule has 2 N–H and O–H groups in total. The monoisotopic (exact) mass is 375 g/mol. The van der Waals surface area contributed by atoms with Crippen molar-refractivity contribution in [3.05, 3.63) is 58.6 Å². The molecule has 0 aliphatic carbocycles. The summed E-state index contributed by atoms with van der Waals surface area (Å²) in [7, 11) is 1.56. The van der Waals surface area contributed by atoms with Crippen LogP contribution in [0.1, 0.15) is 0 Å². The lowest BCUT2D eigenvalue weighted by atomic mass is 10.3. The van der Waals surface area contributed by atoms with Crippen LogP contribution >= 0.6 is 11.8 Å². The number of nitro benzene ring substituents is 1. The van der Waals surface area contributed by atoms with Crippen molar-refractivity contribution in [3.63, 3.8) is 0 Å². The summed E-state index contributed by atoms with van der Waals surface area (Å²) in [5, 5.41) is 16.0. The average Bonchev–Trinajstić information content (AvgIpc) is 2.62. The molecule has 0 aromatic heterocycles. The molecule has 0 radical (unpaired) electrons. The molecule has 0 aliphatic heterocycles. The minimum absolute atomic E-state index is 0.0543. The first-order valence-electron chi connectivity index (χ1n) is 7.54. The number of amides is 2. The molecule has 26 heavy (non-hydrogen) atoms. The molecule has 0 saturated carbocycles. The fourth-order valence-corrected chi connectivity index (χ4v) is 2.62. The Kier molecular flexibility index (Phi) is 6.98. The second-order valence-electron chi connectivity index (χ2n) is 5.13. The lowest BCUT2D eigenvalue weighted by Gasteiger charge is -2.07.